The Morgan fingerprint density at radius 1 is 1.46 bits per heavy atom. The number of nitrogens with zero attached hydrogens (tertiary/aromatic N) is 1. The molecule has 0 aliphatic carbocycles. The van der Waals surface area contributed by atoms with Crippen LogP contribution in [-0.4, -0.2) is 23.0 Å². The van der Waals surface area contributed by atoms with Gasteiger partial charge in [0.2, 0.25) is 5.91 Å². The van der Waals surface area contributed by atoms with Crippen LogP contribution in [-0.2, 0) is 4.79 Å². The number of carbonyl (C=O) groups excluding carboxylic acids is 1. The summed E-state index contributed by atoms with van der Waals surface area (Å²) < 4.78 is 0. The molecule has 1 saturated heterocycles. The van der Waals surface area contributed by atoms with Crippen molar-refractivity contribution in [3.05, 3.63) is 0 Å². The molecule has 1 aliphatic heterocycles. The minimum Gasteiger partial charge on any atom is -0.275 e. The van der Waals surface area contributed by atoms with E-state index in [2.05, 4.69) is 26.2 Å². The maximum atomic E-state index is 11.5. The van der Waals surface area contributed by atoms with Crippen LogP contribution in [0.25, 0.3) is 0 Å². The Morgan fingerprint density at radius 3 is 2.23 bits per heavy atom. The number of hydrazine groups is 1. The lowest BCUT2D eigenvalue weighted by Gasteiger charge is -2.28. The van der Waals surface area contributed by atoms with Crippen molar-refractivity contribution in [1.82, 2.24) is 10.4 Å². The zero-order valence-corrected chi connectivity index (χ0v) is 9.22. The first-order valence-electron chi connectivity index (χ1n) is 4.90. The van der Waals surface area contributed by atoms with Gasteiger partial charge in [-0.25, -0.2) is 5.43 Å². The summed E-state index contributed by atoms with van der Waals surface area (Å²) >= 11 is 0. The Bertz CT molecular complexity index is 205. The van der Waals surface area contributed by atoms with Crippen LogP contribution in [0.4, 0.5) is 0 Å². The normalized spacial score (nSPS) is 24.6. The molecule has 1 N–H and O–H groups in total. The quantitative estimate of drug-likeness (QED) is 0.670. The number of amides is 1. The summed E-state index contributed by atoms with van der Waals surface area (Å²) in [5, 5.41) is 1.75. The van der Waals surface area contributed by atoms with Gasteiger partial charge in [-0.2, -0.15) is 0 Å². The van der Waals surface area contributed by atoms with E-state index in [9.17, 15) is 4.79 Å². The van der Waals surface area contributed by atoms with Gasteiger partial charge in [0.1, 0.15) is 0 Å². The second-order valence-corrected chi connectivity index (χ2v) is 5.11. The molecule has 0 aromatic carbocycles. The lowest BCUT2D eigenvalue weighted by Crippen LogP contribution is -2.45. The zero-order chi connectivity index (χ0) is 10.2. The third kappa shape index (κ3) is 2.21. The van der Waals surface area contributed by atoms with Crippen molar-refractivity contribution in [3.8, 4) is 0 Å². The van der Waals surface area contributed by atoms with E-state index in [1.54, 1.807) is 5.01 Å². The first-order chi connectivity index (χ1) is 5.82. The molecule has 3 heteroatoms. The number of hydrogen-bond acceptors (Lipinski definition) is 2. The summed E-state index contributed by atoms with van der Waals surface area (Å²) in [4.78, 5) is 11.5. The third-order valence-electron chi connectivity index (χ3n) is 2.50. The van der Waals surface area contributed by atoms with E-state index < -0.39 is 0 Å². The third-order valence-corrected chi connectivity index (χ3v) is 2.50. The molecular formula is C10H20N2O. The van der Waals surface area contributed by atoms with Crippen LogP contribution in [0.3, 0.4) is 0 Å². The van der Waals surface area contributed by atoms with Crippen molar-refractivity contribution in [2.75, 3.05) is 0 Å². The molecular weight excluding hydrogens is 164 g/mol. The summed E-state index contributed by atoms with van der Waals surface area (Å²) in [5.41, 5.74) is 3.42. The van der Waals surface area contributed by atoms with Crippen LogP contribution in [0.15, 0.2) is 0 Å². The van der Waals surface area contributed by atoms with Gasteiger partial charge in [-0.05, 0) is 19.3 Å². The number of nitrogens with one attached hydrogen (secondary N) is 1. The number of hydrogen-bond donors (Lipinski definition) is 1. The monoisotopic (exact) mass is 184 g/mol. The molecule has 0 radical (unpaired) electrons. The maximum Gasteiger partial charge on any atom is 0.238 e. The molecule has 13 heavy (non-hydrogen) atoms. The van der Waals surface area contributed by atoms with E-state index in [0.29, 0.717) is 6.42 Å². The zero-order valence-electron chi connectivity index (χ0n) is 9.22. The van der Waals surface area contributed by atoms with E-state index in [1.807, 2.05) is 13.8 Å². The highest BCUT2D eigenvalue weighted by molar-refractivity contribution is 5.78. The van der Waals surface area contributed by atoms with Gasteiger partial charge in [0.05, 0.1) is 0 Å². The Morgan fingerprint density at radius 2 is 2.00 bits per heavy atom. The van der Waals surface area contributed by atoms with Crippen molar-refractivity contribution in [1.29, 1.82) is 0 Å². The SMILES string of the molecule is CC(C)N1NC(C(C)(C)C)CC1=O. The van der Waals surface area contributed by atoms with Crippen LogP contribution >= 0.6 is 0 Å². The lowest BCUT2D eigenvalue weighted by atomic mass is 9.86. The Kier molecular flexibility index (Phi) is 2.66. The van der Waals surface area contributed by atoms with Crippen LogP contribution in [0.1, 0.15) is 41.0 Å². The molecule has 1 fully saturated rings. The molecule has 0 aromatic rings. The van der Waals surface area contributed by atoms with Crippen molar-refractivity contribution in [3.63, 3.8) is 0 Å². The van der Waals surface area contributed by atoms with Gasteiger partial charge >= 0.3 is 0 Å². The van der Waals surface area contributed by atoms with Crippen molar-refractivity contribution >= 4 is 5.91 Å². The molecule has 0 bridgehead atoms. The fourth-order valence-corrected chi connectivity index (χ4v) is 1.50. The van der Waals surface area contributed by atoms with Crippen molar-refractivity contribution < 1.29 is 4.79 Å². The Balaban J connectivity index is 2.66. The largest absolute Gasteiger partial charge is 0.275 e. The standard InChI is InChI=1S/C10H20N2O/c1-7(2)12-9(13)6-8(11-12)10(3,4)5/h7-8,11H,6H2,1-5H3. The molecule has 0 saturated carbocycles. The molecule has 3 nitrogen and oxygen atoms in total. The van der Waals surface area contributed by atoms with Crippen LogP contribution < -0.4 is 5.43 Å². The molecule has 1 rings (SSSR count). The predicted octanol–water partition coefficient (Wildman–Crippen LogP) is 1.55. The molecule has 1 atom stereocenters. The predicted molar refractivity (Wildman–Crippen MR) is 53.0 cm³/mol. The van der Waals surface area contributed by atoms with Crippen molar-refractivity contribution in [2.45, 2.75) is 53.1 Å². The lowest BCUT2D eigenvalue weighted by molar-refractivity contribution is -0.131. The summed E-state index contributed by atoms with van der Waals surface area (Å²) in [6.07, 6.45) is 0.627. The van der Waals surface area contributed by atoms with Crippen LogP contribution in [0.2, 0.25) is 0 Å². The van der Waals surface area contributed by atoms with Gasteiger partial charge < -0.3 is 0 Å². The maximum absolute atomic E-state index is 11.5. The van der Waals surface area contributed by atoms with Crippen LogP contribution in [0.5, 0.6) is 0 Å². The second-order valence-electron chi connectivity index (χ2n) is 5.11. The minimum atomic E-state index is 0.152. The van der Waals surface area contributed by atoms with Crippen LogP contribution in [0, 0.1) is 5.41 Å². The van der Waals surface area contributed by atoms with E-state index in [-0.39, 0.29) is 23.4 Å². The topological polar surface area (TPSA) is 32.3 Å². The van der Waals surface area contributed by atoms with Gasteiger partial charge in [0.15, 0.2) is 0 Å². The van der Waals surface area contributed by atoms with Gasteiger partial charge in [0, 0.05) is 18.5 Å². The summed E-state index contributed by atoms with van der Waals surface area (Å²) in [6.45, 7) is 10.5. The fourth-order valence-electron chi connectivity index (χ4n) is 1.50. The van der Waals surface area contributed by atoms with E-state index in [4.69, 9.17) is 0 Å². The van der Waals surface area contributed by atoms with Crippen molar-refractivity contribution in [2.24, 2.45) is 5.41 Å². The summed E-state index contributed by atoms with van der Waals surface area (Å²) in [5.74, 6) is 0.218. The van der Waals surface area contributed by atoms with E-state index >= 15 is 0 Å². The summed E-state index contributed by atoms with van der Waals surface area (Å²) in [7, 11) is 0. The number of rotatable bonds is 1. The Labute approximate surface area is 80.5 Å². The molecule has 1 unspecified atom stereocenters. The minimum absolute atomic E-state index is 0.152. The highest BCUT2D eigenvalue weighted by Gasteiger charge is 2.37. The molecule has 1 heterocycles. The molecule has 1 aliphatic rings. The average molecular weight is 184 g/mol. The summed E-state index contributed by atoms with van der Waals surface area (Å²) in [6, 6.07) is 0.530. The average Bonchev–Trinajstić information content (AvgIpc) is 2.29. The highest BCUT2D eigenvalue weighted by Crippen LogP contribution is 2.26. The second kappa shape index (κ2) is 3.29. The molecule has 0 aromatic heterocycles. The van der Waals surface area contributed by atoms with E-state index in [1.165, 1.54) is 0 Å². The molecule has 76 valence electrons. The molecule has 0 spiro atoms. The molecule has 1 amide bonds. The first-order valence-corrected chi connectivity index (χ1v) is 4.90. The van der Waals surface area contributed by atoms with Gasteiger partial charge in [-0.15, -0.1) is 0 Å². The van der Waals surface area contributed by atoms with Gasteiger partial charge in [-0.1, -0.05) is 20.8 Å². The fraction of sp³-hybridized carbons (Fsp3) is 0.900. The smallest absolute Gasteiger partial charge is 0.238 e. The Hall–Kier alpha value is -0.570. The number of carbonyl (C=O) groups is 1. The highest BCUT2D eigenvalue weighted by atomic mass is 16.2. The van der Waals surface area contributed by atoms with Gasteiger partial charge in [-0.3, -0.25) is 9.80 Å². The van der Waals surface area contributed by atoms with E-state index in [0.717, 1.165) is 0 Å². The first kappa shape index (κ1) is 10.5. The van der Waals surface area contributed by atoms with Gasteiger partial charge in [0.25, 0.3) is 0 Å².